The summed E-state index contributed by atoms with van der Waals surface area (Å²) in [7, 11) is 0. The summed E-state index contributed by atoms with van der Waals surface area (Å²) in [6.45, 7) is 6.90. The maximum Gasteiger partial charge on any atom is 0.239 e. The number of nitrogens with two attached hydrogens (primary N) is 1. The molecule has 0 unspecified atom stereocenters. The average molecular weight is 243 g/mol. The fourth-order valence-electron chi connectivity index (χ4n) is 2.35. The molecule has 2 rings (SSSR count). The highest BCUT2D eigenvalue weighted by Gasteiger charge is 2.48. The third kappa shape index (κ3) is 2.36. The molecule has 0 aliphatic carbocycles. The quantitative estimate of drug-likeness (QED) is 0.745. The lowest BCUT2D eigenvalue weighted by Gasteiger charge is -2.48. The molecule has 0 bridgehead atoms. The van der Waals surface area contributed by atoms with Crippen LogP contribution in [0.15, 0.2) is 0 Å². The second-order valence-electron chi connectivity index (χ2n) is 5.20. The Kier molecular flexibility index (Phi) is 3.47. The van der Waals surface area contributed by atoms with Gasteiger partial charge in [-0.25, -0.2) is 0 Å². The molecule has 2 aliphatic rings. The van der Waals surface area contributed by atoms with Crippen LogP contribution in [-0.2, 0) is 4.79 Å². The first-order chi connectivity index (χ1) is 7.52. The Morgan fingerprint density at radius 1 is 1.56 bits per heavy atom. The van der Waals surface area contributed by atoms with E-state index in [1.807, 2.05) is 16.7 Å². The SMILES string of the molecule is CC(C)C[C@H](N)C(=O)N1CC2(C1)NCCS2. The molecular formula is C11H21N3OS. The van der Waals surface area contributed by atoms with Gasteiger partial charge in [0, 0.05) is 12.3 Å². The molecule has 2 aliphatic heterocycles. The molecule has 1 atom stereocenters. The van der Waals surface area contributed by atoms with Gasteiger partial charge in [-0.3, -0.25) is 10.1 Å². The van der Waals surface area contributed by atoms with Crippen molar-refractivity contribution in [1.29, 1.82) is 0 Å². The van der Waals surface area contributed by atoms with Crippen molar-refractivity contribution < 1.29 is 4.79 Å². The maximum absolute atomic E-state index is 12.0. The maximum atomic E-state index is 12.0. The molecule has 2 heterocycles. The highest BCUT2D eigenvalue weighted by Crippen LogP contribution is 2.36. The van der Waals surface area contributed by atoms with Crippen LogP contribution < -0.4 is 11.1 Å². The summed E-state index contributed by atoms with van der Waals surface area (Å²) in [5.41, 5.74) is 5.90. The molecule has 4 nitrogen and oxygen atoms in total. The Labute approximate surface area is 101 Å². The third-order valence-electron chi connectivity index (χ3n) is 3.17. The van der Waals surface area contributed by atoms with Gasteiger partial charge in [-0.05, 0) is 12.3 Å². The second-order valence-corrected chi connectivity index (χ2v) is 6.68. The fraction of sp³-hybridized carbons (Fsp3) is 0.909. The number of rotatable bonds is 3. The van der Waals surface area contributed by atoms with Crippen molar-refractivity contribution in [3.05, 3.63) is 0 Å². The molecular weight excluding hydrogens is 222 g/mol. The van der Waals surface area contributed by atoms with Gasteiger partial charge in [0.15, 0.2) is 0 Å². The van der Waals surface area contributed by atoms with Crippen LogP contribution in [-0.4, -0.2) is 47.1 Å². The zero-order chi connectivity index (χ0) is 11.8. The van der Waals surface area contributed by atoms with Crippen LogP contribution in [0.25, 0.3) is 0 Å². The van der Waals surface area contributed by atoms with Crippen molar-refractivity contribution in [2.45, 2.75) is 31.2 Å². The van der Waals surface area contributed by atoms with Crippen LogP contribution >= 0.6 is 11.8 Å². The van der Waals surface area contributed by atoms with E-state index in [1.54, 1.807) is 0 Å². The zero-order valence-electron chi connectivity index (χ0n) is 10.0. The van der Waals surface area contributed by atoms with Crippen molar-refractivity contribution in [3.8, 4) is 0 Å². The first-order valence-corrected chi connectivity index (χ1v) is 6.94. The number of nitrogens with zero attached hydrogens (tertiary/aromatic N) is 1. The second kappa shape index (κ2) is 4.55. The Hall–Kier alpha value is -0.260. The van der Waals surface area contributed by atoms with E-state index >= 15 is 0 Å². The summed E-state index contributed by atoms with van der Waals surface area (Å²) in [6, 6.07) is -0.316. The van der Waals surface area contributed by atoms with Crippen LogP contribution in [0.5, 0.6) is 0 Å². The van der Waals surface area contributed by atoms with Crippen LogP contribution in [0.4, 0.5) is 0 Å². The van der Waals surface area contributed by atoms with E-state index in [2.05, 4.69) is 19.2 Å². The van der Waals surface area contributed by atoms with Crippen molar-refractivity contribution >= 4 is 17.7 Å². The Balaban J connectivity index is 1.80. The van der Waals surface area contributed by atoms with E-state index in [9.17, 15) is 4.79 Å². The van der Waals surface area contributed by atoms with Gasteiger partial charge in [0.25, 0.3) is 0 Å². The van der Waals surface area contributed by atoms with E-state index < -0.39 is 0 Å². The van der Waals surface area contributed by atoms with E-state index in [0.29, 0.717) is 5.92 Å². The standard InChI is InChI=1S/C11H21N3OS/c1-8(2)5-9(12)10(15)14-6-11(7-14)13-3-4-16-11/h8-9,13H,3-7,12H2,1-2H3/t9-/m0/s1. The van der Waals surface area contributed by atoms with Crippen LogP contribution in [0.2, 0.25) is 0 Å². The summed E-state index contributed by atoms with van der Waals surface area (Å²) < 4.78 is 0. The molecule has 92 valence electrons. The van der Waals surface area contributed by atoms with Gasteiger partial charge in [0.1, 0.15) is 4.87 Å². The molecule has 1 spiro atoms. The summed E-state index contributed by atoms with van der Waals surface area (Å²) in [5.74, 6) is 1.75. The molecule has 3 N–H and O–H groups in total. The fourth-order valence-corrected chi connectivity index (χ4v) is 3.64. The van der Waals surface area contributed by atoms with E-state index in [-0.39, 0.29) is 16.8 Å². The van der Waals surface area contributed by atoms with Gasteiger partial charge in [0.05, 0.1) is 19.1 Å². The summed E-state index contributed by atoms with van der Waals surface area (Å²) in [6.07, 6.45) is 0.781. The third-order valence-corrected chi connectivity index (χ3v) is 4.54. The predicted molar refractivity (Wildman–Crippen MR) is 67.2 cm³/mol. The van der Waals surface area contributed by atoms with Crippen molar-refractivity contribution in [2.75, 3.05) is 25.4 Å². The predicted octanol–water partition coefficient (Wildman–Crippen LogP) is 0.235. The Bertz CT molecular complexity index is 268. The molecule has 0 radical (unpaired) electrons. The number of thioether (sulfide) groups is 1. The van der Waals surface area contributed by atoms with Crippen LogP contribution in [0.3, 0.4) is 0 Å². The number of hydrogen-bond acceptors (Lipinski definition) is 4. The van der Waals surface area contributed by atoms with E-state index in [0.717, 1.165) is 31.8 Å². The number of amides is 1. The molecule has 1 amide bonds. The van der Waals surface area contributed by atoms with E-state index in [4.69, 9.17) is 5.73 Å². The van der Waals surface area contributed by atoms with Gasteiger partial charge in [-0.2, -0.15) is 0 Å². The van der Waals surface area contributed by atoms with Gasteiger partial charge in [-0.1, -0.05) is 13.8 Å². The molecule has 0 aromatic rings. The molecule has 0 aromatic heterocycles. The number of nitrogens with one attached hydrogen (secondary N) is 1. The van der Waals surface area contributed by atoms with Gasteiger partial charge >= 0.3 is 0 Å². The summed E-state index contributed by atoms with van der Waals surface area (Å²) >= 11 is 1.93. The molecule has 5 heteroatoms. The topological polar surface area (TPSA) is 58.4 Å². The smallest absolute Gasteiger partial charge is 0.239 e. The summed E-state index contributed by atoms with van der Waals surface area (Å²) in [5, 5.41) is 3.46. The van der Waals surface area contributed by atoms with Crippen molar-refractivity contribution in [3.63, 3.8) is 0 Å². The Morgan fingerprint density at radius 3 is 2.75 bits per heavy atom. The largest absolute Gasteiger partial charge is 0.336 e. The minimum absolute atomic E-state index is 0.119. The minimum Gasteiger partial charge on any atom is -0.336 e. The van der Waals surface area contributed by atoms with Gasteiger partial charge in [0.2, 0.25) is 5.91 Å². The first kappa shape index (κ1) is 12.2. The van der Waals surface area contributed by atoms with Gasteiger partial charge in [-0.15, -0.1) is 11.8 Å². The molecule has 2 saturated heterocycles. The monoisotopic (exact) mass is 243 g/mol. The van der Waals surface area contributed by atoms with Crippen molar-refractivity contribution in [2.24, 2.45) is 11.7 Å². The number of hydrogen-bond donors (Lipinski definition) is 2. The minimum atomic E-state index is -0.316. The lowest BCUT2D eigenvalue weighted by atomic mass is 10.0. The molecule has 16 heavy (non-hydrogen) atoms. The molecule has 0 aromatic carbocycles. The molecule has 0 saturated carbocycles. The normalized spacial score (nSPS) is 24.9. The van der Waals surface area contributed by atoms with E-state index in [1.165, 1.54) is 0 Å². The zero-order valence-corrected chi connectivity index (χ0v) is 10.8. The lowest BCUT2D eigenvalue weighted by molar-refractivity contribution is -0.138. The number of likely N-dealkylation sites (tertiary alicyclic amines) is 1. The summed E-state index contributed by atoms with van der Waals surface area (Å²) in [4.78, 5) is 14.0. The first-order valence-electron chi connectivity index (χ1n) is 5.96. The molecule has 2 fully saturated rings. The van der Waals surface area contributed by atoms with Gasteiger partial charge < -0.3 is 10.6 Å². The Morgan fingerprint density at radius 2 is 2.25 bits per heavy atom. The lowest BCUT2D eigenvalue weighted by Crippen LogP contribution is -2.68. The van der Waals surface area contributed by atoms with Crippen LogP contribution in [0.1, 0.15) is 20.3 Å². The highest BCUT2D eigenvalue weighted by atomic mass is 32.2. The van der Waals surface area contributed by atoms with Crippen LogP contribution in [0, 0.1) is 5.92 Å². The number of carbonyl (C=O) groups excluding carboxylic acids is 1. The average Bonchev–Trinajstić information content (AvgIpc) is 2.61. The van der Waals surface area contributed by atoms with Crippen molar-refractivity contribution in [1.82, 2.24) is 10.2 Å². The number of carbonyl (C=O) groups is 1. The highest BCUT2D eigenvalue weighted by molar-refractivity contribution is 8.01.